The molecule has 2 rings (SSSR count). The number of amides is 1. The molecule has 21 heavy (non-hydrogen) atoms. The second-order valence-corrected chi connectivity index (χ2v) is 7.31. The van der Waals surface area contributed by atoms with Gasteiger partial charge in [0.2, 0.25) is 15.0 Å². The number of halogens is 1. The fraction of sp³-hybridized carbons (Fsp3) is 0.417. The Morgan fingerprint density at radius 2 is 2.29 bits per heavy atom. The number of nitrogens with zero attached hydrogens (tertiary/aromatic N) is 2. The summed E-state index contributed by atoms with van der Waals surface area (Å²) in [4.78, 5) is 28.9. The first-order chi connectivity index (χ1) is 9.84. The Kier molecular flexibility index (Phi) is 4.48. The van der Waals surface area contributed by atoms with E-state index >= 15 is 0 Å². The van der Waals surface area contributed by atoms with Crippen molar-refractivity contribution in [3.8, 4) is 0 Å². The van der Waals surface area contributed by atoms with Crippen molar-refractivity contribution in [2.24, 2.45) is 0 Å². The second-order valence-electron chi connectivity index (χ2n) is 4.40. The van der Waals surface area contributed by atoms with Gasteiger partial charge in [0.05, 0.1) is 12.3 Å². The molecule has 7 nitrogen and oxygen atoms in total. The number of hydrogen-bond donors (Lipinski definition) is 0. The SMILES string of the molecule is CCOC(=O)c1ncccc1N1CC(S(=O)(=O)Cl)CC1=O. The molecule has 1 saturated heterocycles. The van der Waals surface area contributed by atoms with Crippen LogP contribution < -0.4 is 4.90 Å². The molecule has 0 aromatic carbocycles. The lowest BCUT2D eigenvalue weighted by molar-refractivity contribution is -0.117. The molecule has 1 aromatic rings. The van der Waals surface area contributed by atoms with Gasteiger partial charge in [0.15, 0.2) is 5.69 Å². The van der Waals surface area contributed by atoms with Gasteiger partial charge in [-0.15, -0.1) is 0 Å². The molecule has 0 bridgehead atoms. The Morgan fingerprint density at radius 1 is 1.57 bits per heavy atom. The molecule has 114 valence electrons. The highest BCUT2D eigenvalue weighted by Gasteiger charge is 2.39. The van der Waals surface area contributed by atoms with E-state index in [1.165, 1.54) is 17.2 Å². The van der Waals surface area contributed by atoms with Gasteiger partial charge < -0.3 is 9.64 Å². The minimum atomic E-state index is -3.85. The summed E-state index contributed by atoms with van der Waals surface area (Å²) in [5.74, 6) is -1.10. The zero-order valence-electron chi connectivity index (χ0n) is 11.2. The van der Waals surface area contributed by atoms with Crippen molar-refractivity contribution in [3.05, 3.63) is 24.0 Å². The molecular weight excluding hydrogens is 320 g/mol. The normalized spacial score (nSPS) is 18.9. The summed E-state index contributed by atoms with van der Waals surface area (Å²) >= 11 is 0. The van der Waals surface area contributed by atoms with E-state index in [-0.39, 0.29) is 31.0 Å². The predicted octanol–water partition coefficient (Wildman–Crippen LogP) is 0.932. The topological polar surface area (TPSA) is 93.6 Å². The van der Waals surface area contributed by atoms with E-state index in [2.05, 4.69) is 4.98 Å². The van der Waals surface area contributed by atoms with Gasteiger partial charge in [0, 0.05) is 29.8 Å². The highest BCUT2D eigenvalue weighted by atomic mass is 35.7. The molecule has 2 heterocycles. The van der Waals surface area contributed by atoms with Crippen LogP contribution in [0.1, 0.15) is 23.8 Å². The molecule has 1 unspecified atom stereocenters. The van der Waals surface area contributed by atoms with Crippen molar-refractivity contribution in [1.29, 1.82) is 0 Å². The third-order valence-corrected chi connectivity index (χ3v) is 4.90. The molecule has 9 heteroatoms. The number of aromatic nitrogens is 1. The number of ether oxygens (including phenoxy) is 1. The van der Waals surface area contributed by atoms with Crippen molar-refractivity contribution in [2.45, 2.75) is 18.6 Å². The summed E-state index contributed by atoms with van der Waals surface area (Å²) in [7, 11) is 1.45. The summed E-state index contributed by atoms with van der Waals surface area (Å²) < 4.78 is 27.6. The molecule has 1 fully saturated rings. The Hall–Kier alpha value is -1.67. The fourth-order valence-corrected chi connectivity index (χ4v) is 3.09. The van der Waals surface area contributed by atoms with Crippen molar-refractivity contribution >= 4 is 37.3 Å². The number of esters is 1. The quantitative estimate of drug-likeness (QED) is 0.601. The highest BCUT2D eigenvalue weighted by Crippen LogP contribution is 2.28. The molecule has 0 spiro atoms. The van der Waals surface area contributed by atoms with E-state index in [1.807, 2.05) is 0 Å². The zero-order chi connectivity index (χ0) is 15.6. The van der Waals surface area contributed by atoms with Crippen molar-refractivity contribution in [3.63, 3.8) is 0 Å². The van der Waals surface area contributed by atoms with E-state index in [0.29, 0.717) is 0 Å². The van der Waals surface area contributed by atoms with E-state index in [1.54, 1.807) is 13.0 Å². The molecule has 1 amide bonds. The molecule has 0 saturated carbocycles. The third kappa shape index (κ3) is 3.33. The van der Waals surface area contributed by atoms with Crippen LogP contribution in [0, 0.1) is 0 Å². The summed E-state index contributed by atoms with van der Waals surface area (Å²) in [5.41, 5.74) is 0.198. The molecule has 0 N–H and O–H groups in total. The lowest BCUT2D eigenvalue weighted by atomic mass is 10.2. The van der Waals surface area contributed by atoms with Crippen LogP contribution in [0.5, 0.6) is 0 Å². The Bertz CT molecular complexity index is 676. The summed E-state index contributed by atoms with van der Waals surface area (Å²) in [6.07, 6.45) is 1.18. The van der Waals surface area contributed by atoms with Crippen molar-refractivity contribution in [2.75, 3.05) is 18.1 Å². The van der Waals surface area contributed by atoms with Gasteiger partial charge in [0.1, 0.15) is 5.25 Å². The van der Waals surface area contributed by atoms with Crippen LogP contribution in [0.4, 0.5) is 5.69 Å². The number of pyridine rings is 1. The van der Waals surface area contributed by atoms with E-state index in [9.17, 15) is 18.0 Å². The smallest absolute Gasteiger partial charge is 0.359 e. The number of anilines is 1. The first-order valence-electron chi connectivity index (χ1n) is 6.20. The van der Waals surface area contributed by atoms with Gasteiger partial charge in [-0.25, -0.2) is 18.2 Å². The summed E-state index contributed by atoms with van der Waals surface area (Å²) in [5, 5.41) is -0.998. The average molecular weight is 333 g/mol. The predicted molar refractivity (Wildman–Crippen MR) is 75.7 cm³/mol. The Balaban J connectivity index is 2.35. The molecule has 1 aliphatic heterocycles. The molecular formula is C12H13ClN2O5S. The maximum absolute atomic E-state index is 12.0. The van der Waals surface area contributed by atoms with Gasteiger partial charge in [-0.3, -0.25) is 4.79 Å². The van der Waals surface area contributed by atoms with Gasteiger partial charge in [-0.2, -0.15) is 0 Å². The van der Waals surface area contributed by atoms with E-state index in [4.69, 9.17) is 15.4 Å². The monoisotopic (exact) mass is 332 g/mol. The van der Waals surface area contributed by atoms with Crippen LogP contribution in [0.2, 0.25) is 0 Å². The third-order valence-electron chi connectivity index (χ3n) is 3.03. The Labute approximate surface area is 126 Å². The second kappa shape index (κ2) is 5.98. The lowest BCUT2D eigenvalue weighted by Crippen LogP contribution is -2.29. The lowest BCUT2D eigenvalue weighted by Gasteiger charge is -2.18. The van der Waals surface area contributed by atoms with Crippen LogP contribution in [0.15, 0.2) is 18.3 Å². The number of hydrogen-bond acceptors (Lipinski definition) is 6. The molecule has 0 aliphatic carbocycles. The summed E-state index contributed by atoms with van der Waals surface area (Å²) in [6, 6.07) is 3.06. The van der Waals surface area contributed by atoms with Gasteiger partial charge >= 0.3 is 5.97 Å². The minimum absolute atomic E-state index is 0.0275. The zero-order valence-corrected chi connectivity index (χ0v) is 12.7. The summed E-state index contributed by atoms with van der Waals surface area (Å²) in [6.45, 7) is 1.71. The van der Waals surface area contributed by atoms with Crippen LogP contribution in [-0.4, -0.2) is 43.7 Å². The van der Waals surface area contributed by atoms with Crippen molar-refractivity contribution in [1.82, 2.24) is 4.98 Å². The molecule has 1 aromatic heterocycles. The van der Waals surface area contributed by atoms with Crippen LogP contribution in [-0.2, 0) is 18.6 Å². The molecule has 0 radical (unpaired) electrons. The maximum Gasteiger partial charge on any atom is 0.359 e. The van der Waals surface area contributed by atoms with E-state index < -0.39 is 26.2 Å². The first kappa shape index (κ1) is 15.7. The maximum atomic E-state index is 12.0. The van der Waals surface area contributed by atoms with Gasteiger partial charge in [-0.1, -0.05) is 0 Å². The molecule has 1 atom stereocenters. The van der Waals surface area contributed by atoms with E-state index in [0.717, 1.165) is 0 Å². The van der Waals surface area contributed by atoms with Gasteiger partial charge in [-0.05, 0) is 19.1 Å². The first-order valence-corrected chi connectivity index (χ1v) is 8.57. The van der Waals surface area contributed by atoms with Crippen molar-refractivity contribution < 1.29 is 22.7 Å². The molecule has 1 aliphatic rings. The van der Waals surface area contributed by atoms with Crippen LogP contribution in [0.3, 0.4) is 0 Å². The minimum Gasteiger partial charge on any atom is -0.461 e. The Morgan fingerprint density at radius 3 is 2.86 bits per heavy atom. The van der Waals surface area contributed by atoms with Gasteiger partial charge in [0.25, 0.3) is 0 Å². The van der Waals surface area contributed by atoms with Crippen LogP contribution >= 0.6 is 10.7 Å². The number of carbonyl (C=O) groups excluding carboxylic acids is 2. The highest BCUT2D eigenvalue weighted by molar-refractivity contribution is 8.14. The average Bonchev–Trinajstić information content (AvgIpc) is 2.81. The number of carbonyl (C=O) groups is 2. The largest absolute Gasteiger partial charge is 0.461 e. The van der Waals surface area contributed by atoms with Crippen LogP contribution in [0.25, 0.3) is 0 Å². The standard InChI is InChI=1S/C12H13ClN2O5S/c1-2-20-12(17)11-9(4-3-5-14-11)15-7-8(6-10(15)16)21(13,18)19/h3-5,8H,2,6-7H2,1H3. The number of rotatable bonds is 4. The fourth-order valence-electron chi connectivity index (χ4n) is 2.07.